The monoisotopic (exact) mass is 423 g/mol. The Morgan fingerprint density at radius 2 is 1.97 bits per heavy atom. The van der Waals surface area contributed by atoms with E-state index in [1.54, 1.807) is 16.8 Å². The fourth-order valence-corrected chi connectivity index (χ4v) is 3.73. The van der Waals surface area contributed by atoms with Gasteiger partial charge in [0.1, 0.15) is 11.6 Å². The van der Waals surface area contributed by atoms with Crippen LogP contribution in [0.3, 0.4) is 0 Å². The second-order valence-corrected chi connectivity index (χ2v) is 8.38. The van der Waals surface area contributed by atoms with E-state index in [4.69, 9.17) is 9.84 Å². The lowest BCUT2D eigenvalue weighted by molar-refractivity contribution is 0.102. The van der Waals surface area contributed by atoms with Crippen molar-refractivity contribution in [1.29, 1.82) is 0 Å². The van der Waals surface area contributed by atoms with Crippen LogP contribution in [0.15, 0.2) is 54.6 Å². The fourth-order valence-electron chi connectivity index (χ4n) is 3.73. The molecular weight excluding hydrogens is 393 g/mol. The minimum absolute atomic E-state index is 0.344. The number of aliphatic hydroxyl groups excluding tert-OH is 1. The van der Waals surface area contributed by atoms with Crippen molar-refractivity contribution in [2.75, 3.05) is 13.1 Å². The highest BCUT2D eigenvalue weighted by molar-refractivity contribution is 5.43. The molecule has 3 aromatic rings. The number of para-hydroxylation sites is 1. The van der Waals surface area contributed by atoms with Crippen molar-refractivity contribution in [2.45, 2.75) is 45.8 Å². The van der Waals surface area contributed by atoms with E-state index < -0.39 is 0 Å². The predicted octanol–water partition coefficient (Wildman–Crippen LogP) is 5.10. The second kappa shape index (κ2) is 9.62. The molecule has 1 aliphatic rings. The van der Waals surface area contributed by atoms with E-state index >= 15 is 0 Å². The standard InChI is InChI=1S/C25H30FN3O2/c1-3-22(30)16-28(15-19-12-13-19)17-24-18(2)27-29(21-9-5-4-6-10-21)25(24)31-23-11-7-8-20(26)14-23/h4-11,14,19,22,30H,3,12-13,15-17H2,1-2H3/t22-/m0/s1. The zero-order valence-corrected chi connectivity index (χ0v) is 18.2. The Labute approximate surface area is 183 Å². The van der Waals surface area contributed by atoms with Gasteiger partial charge in [-0.05, 0) is 56.4 Å². The molecule has 1 aromatic heterocycles. The number of hydrogen-bond donors (Lipinski definition) is 1. The summed E-state index contributed by atoms with van der Waals surface area (Å²) in [5.74, 6) is 1.37. The number of benzene rings is 2. The van der Waals surface area contributed by atoms with Crippen LogP contribution in [-0.2, 0) is 6.54 Å². The first-order chi connectivity index (χ1) is 15.0. The van der Waals surface area contributed by atoms with Crippen LogP contribution in [0, 0.1) is 18.7 Å². The van der Waals surface area contributed by atoms with Gasteiger partial charge in [-0.25, -0.2) is 9.07 Å². The van der Waals surface area contributed by atoms with Gasteiger partial charge in [-0.15, -0.1) is 0 Å². The zero-order valence-electron chi connectivity index (χ0n) is 18.2. The molecule has 2 aromatic carbocycles. The summed E-state index contributed by atoms with van der Waals surface area (Å²) in [6.07, 6.45) is 2.84. The molecule has 0 saturated heterocycles. The van der Waals surface area contributed by atoms with E-state index in [9.17, 15) is 9.50 Å². The van der Waals surface area contributed by atoms with Crippen LogP contribution < -0.4 is 4.74 Å². The van der Waals surface area contributed by atoms with Gasteiger partial charge in [-0.2, -0.15) is 5.10 Å². The van der Waals surface area contributed by atoms with Crippen LogP contribution in [0.4, 0.5) is 4.39 Å². The molecule has 31 heavy (non-hydrogen) atoms. The van der Waals surface area contributed by atoms with E-state index in [1.807, 2.05) is 44.2 Å². The van der Waals surface area contributed by atoms with Crippen LogP contribution in [0.1, 0.15) is 37.4 Å². The third kappa shape index (κ3) is 5.51. The van der Waals surface area contributed by atoms with Gasteiger partial charge in [-0.1, -0.05) is 31.2 Å². The number of rotatable bonds is 10. The maximum atomic E-state index is 13.8. The Morgan fingerprint density at radius 3 is 2.65 bits per heavy atom. The molecule has 1 atom stereocenters. The number of aromatic nitrogens is 2. The van der Waals surface area contributed by atoms with E-state index in [0.29, 0.717) is 30.6 Å². The average Bonchev–Trinajstić information content (AvgIpc) is 3.53. The van der Waals surface area contributed by atoms with Gasteiger partial charge in [0.15, 0.2) is 0 Å². The van der Waals surface area contributed by atoms with E-state index in [0.717, 1.165) is 29.9 Å². The number of aryl methyl sites for hydroxylation is 1. The van der Waals surface area contributed by atoms with Crippen molar-refractivity contribution in [3.63, 3.8) is 0 Å². The molecule has 1 fully saturated rings. The smallest absolute Gasteiger partial charge is 0.227 e. The van der Waals surface area contributed by atoms with Gasteiger partial charge < -0.3 is 9.84 Å². The molecule has 0 aliphatic heterocycles. The van der Waals surface area contributed by atoms with Crippen LogP contribution in [0.2, 0.25) is 0 Å². The third-order valence-electron chi connectivity index (χ3n) is 5.68. The molecule has 164 valence electrons. The van der Waals surface area contributed by atoms with Crippen LogP contribution in [-0.4, -0.2) is 39.0 Å². The second-order valence-electron chi connectivity index (χ2n) is 8.38. The van der Waals surface area contributed by atoms with Crippen LogP contribution in [0.25, 0.3) is 5.69 Å². The number of aliphatic hydroxyl groups is 1. The van der Waals surface area contributed by atoms with Gasteiger partial charge in [-0.3, -0.25) is 4.90 Å². The van der Waals surface area contributed by atoms with Crippen molar-refractivity contribution in [1.82, 2.24) is 14.7 Å². The molecule has 6 heteroatoms. The highest BCUT2D eigenvalue weighted by Gasteiger charge is 2.28. The molecule has 0 bridgehead atoms. The molecule has 1 saturated carbocycles. The average molecular weight is 424 g/mol. The van der Waals surface area contributed by atoms with Crippen molar-refractivity contribution in [2.24, 2.45) is 5.92 Å². The zero-order chi connectivity index (χ0) is 21.8. The summed E-state index contributed by atoms with van der Waals surface area (Å²) in [7, 11) is 0. The number of ether oxygens (including phenoxy) is 1. The Hall–Kier alpha value is -2.70. The maximum Gasteiger partial charge on any atom is 0.227 e. The summed E-state index contributed by atoms with van der Waals surface area (Å²) in [5, 5.41) is 15.0. The molecule has 0 radical (unpaired) electrons. The third-order valence-corrected chi connectivity index (χ3v) is 5.68. The highest BCUT2D eigenvalue weighted by atomic mass is 19.1. The number of hydrogen-bond acceptors (Lipinski definition) is 4. The van der Waals surface area contributed by atoms with Crippen molar-refractivity contribution >= 4 is 0 Å². The Kier molecular flexibility index (Phi) is 6.68. The Balaban J connectivity index is 1.70. The molecule has 0 unspecified atom stereocenters. The maximum absolute atomic E-state index is 13.8. The summed E-state index contributed by atoms with van der Waals surface area (Å²) in [6, 6.07) is 16.0. The summed E-state index contributed by atoms with van der Waals surface area (Å²) < 4.78 is 21.8. The van der Waals surface area contributed by atoms with Gasteiger partial charge in [0, 0.05) is 25.7 Å². The minimum atomic E-state index is -0.365. The number of nitrogens with zero attached hydrogens (tertiary/aromatic N) is 3. The number of halogens is 1. The Morgan fingerprint density at radius 1 is 1.19 bits per heavy atom. The lowest BCUT2D eigenvalue weighted by Crippen LogP contribution is -2.33. The molecular formula is C25H30FN3O2. The summed E-state index contributed by atoms with van der Waals surface area (Å²) in [6.45, 7) is 6.15. The first kappa shape index (κ1) is 21.5. The quantitative estimate of drug-likeness (QED) is 0.493. The van der Waals surface area contributed by atoms with Gasteiger partial charge >= 0.3 is 0 Å². The lowest BCUT2D eigenvalue weighted by atomic mass is 10.2. The summed E-state index contributed by atoms with van der Waals surface area (Å²) in [5.41, 5.74) is 2.70. The van der Waals surface area contributed by atoms with Crippen LogP contribution in [0.5, 0.6) is 11.6 Å². The molecule has 4 rings (SSSR count). The summed E-state index contributed by atoms with van der Waals surface area (Å²) in [4.78, 5) is 2.30. The molecule has 0 spiro atoms. The largest absolute Gasteiger partial charge is 0.438 e. The van der Waals surface area contributed by atoms with E-state index in [-0.39, 0.29) is 11.9 Å². The predicted molar refractivity (Wildman–Crippen MR) is 119 cm³/mol. The van der Waals surface area contributed by atoms with E-state index in [2.05, 4.69) is 4.90 Å². The first-order valence-corrected chi connectivity index (χ1v) is 11.0. The van der Waals surface area contributed by atoms with Gasteiger partial charge in [0.2, 0.25) is 5.88 Å². The Bertz CT molecular complexity index is 1000. The normalized spacial score (nSPS) is 14.7. The molecule has 0 amide bonds. The van der Waals surface area contributed by atoms with Crippen molar-refractivity contribution in [3.8, 4) is 17.3 Å². The minimum Gasteiger partial charge on any atom is -0.438 e. The van der Waals surface area contributed by atoms with Crippen LogP contribution >= 0.6 is 0 Å². The summed E-state index contributed by atoms with van der Waals surface area (Å²) >= 11 is 0. The molecule has 1 aliphatic carbocycles. The first-order valence-electron chi connectivity index (χ1n) is 11.0. The van der Waals surface area contributed by atoms with E-state index in [1.165, 1.54) is 25.0 Å². The van der Waals surface area contributed by atoms with Crippen molar-refractivity contribution in [3.05, 3.63) is 71.7 Å². The molecule has 5 nitrogen and oxygen atoms in total. The van der Waals surface area contributed by atoms with Gasteiger partial charge in [0.05, 0.1) is 23.0 Å². The highest BCUT2D eigenvalue weighted by Crippen LogP contribution is 2.34. The van der Waals surface area contributed by atoms with Crippen molar-refractivity contribution < 1.29 is 14.2 Å². The SMILES string of the molecule is CC[C@H](O)CN(Cc1c(C)nn(-c2ccccc2)c1Oc1cccc(F)c1)CC1CC1. The lowest BCUT2D eigenvalue weighted by Gasteiger charge is -2.25. The fraction of sp³-hybridized carbons (Fsp3) is 0.400. The molecule has 1 N–H and O–H groups in total. The topological polar surface area (TPSA) is 50.5 Å². The van der Waals surface area contributed by atoms with Gasteiger partial charge in [0.25, 0.3) is 0 Å². The molecule has 1 heterocycles.